The smallest absolute Gasteiger partial charge is 0.407 e. The number of piperidine rings is 3. The summed E-state index contributed by atoms with van der Waals surface area (Å²) in [7, 11) is 0. The van der Waals surface area contributed by atoms with Gasteiger partial charge >= 0.3 is 6.09 Å². The van der Waals surface area contributed by atoms with Crippen LogP contribution in [0.5, 0.6) is 5.75 Å². The number of carbonyl (C=O) groups excluding carboxylic acids is 1. The highest BCUT2D eigenvalue weighted by Crippen LogP contribution is 2.45. The number of carbonyl (C=O) groups is 1. The second kappa shape index (κ2) is 8.44. The normalized spacial score (nSPS) is 27.9. The van der Waals surface area contributed by atoms with Gasteiger partial charge < -0.3 is 14.8 Å². The van der Waals surface area contributed by atoms with Crippen molar-refractivity contribution in [3.63, 3.8) is 0 Å². The van der Waals surface area contributed by atoms with E-state index >= 15 is 0 Å². The molecule has 32 heavy (non-hydrogen) atoms. The van der Waals surface area contributed by atoms with Gasteiger partial charge in [-0.1, -0.05) is 49.2 Å². The molecule has 0 aliphatic carbocycles. The van der Waals surface area contributed by atoms with Gasteiger partial charge in [-0.25, -0.2) is 4.79 Å². The minimum Gasteiger partial charge on any atom is -0.493 e. The summed E-state index contributed by atoms with van der Waals surface area (Å²) in [4.78, 5) is 15.3. The lowest BCUT2D eigenvalue weighted by atomic mass is 9.78. The predicted molar refractivity (Wildman–Crippen MR) is 126 cm³/mol. The average Bonchev–Trinajstić information content (AvgIpc) is 2.78. The summed E-state index contributed by atoms with van der Waals surface area (Å²) in [6.07, 6.45) is 1.85. The SMILES string of the molecule is CC1(C)COc2cc(-c3cc(Cl)ccc3Cl)ccc2C1NC(=O)O[C@@H]1CN2CCC1CC2. The highest BCUT2D eigenvalue weighted by molar-refractivity contribution is 6.35. The summed E-state index contributed by atoms with van der Waals surface area (Å²) in [6.45, 7) is 7.75. The molecular weight excluding hydrogens is 447 g/mol. The summed E-state index contributed by atoms with van der Waals surface area (Å²) in [5, 5.41) is 4.40. The van der Waals surface area contributed by atoms with Crippen molar-refractivity contribution in [2.45, 2.75) is 38.8 Å². The zero-order valence-corrected chi connectivity index (χ0v) is 19.9. The van der Waals surface area contributed by atoms with Crippen molar-refractivity contribution in [1.82, 2.24) is 10.2 Å². The van der Waals surface area contributed by atoms with Crippen LogP contribution in [0.1, 0.15) is 38.3 Å². The van der Waals surface area contributed by atoms with Gasteiger partial charge in [-0.3, -0.25) is 4.90 Å². The number of halogens is 2. The van der Waals surface area contributed by atoms with E-state index in [0.29, 0.717) is 22.6 Å². The van der Waals surface area contributed by atoms with E-state index < -0.39 is 0 Å². The van der Waals surface area contributed by atoms with Crippen LogP contribution in [-0.2, 0) is 4.74 Å². The van der Waals surface area contributed by atoms with Crippen molar-refractivity contribution >= 4 is 29.3 Å². The van der Waals surface area contributed by atoms with E-state index in [9.17, 15) is 4.79 Å². The lowest BCUT2D eigenvalue weighted by molar-refractivity contribution is -0.0361. The fourth-order valence-electron chi connectivity index (χ4n) is 5.16. The molecule has 170 valence electrons. The summed E-state index contributed by atoms with van der Waals surface area (Å²) >= 11 is 12.6. The van der Waals surface area contributed by atoms with E-state index in [-0.39, 0.29) is 23.7 Å². The van der Waals surface area contributed by atoms with E-state index in [4.69, 9.17) is 32.7 Å². The molecule has 2 atom stereocenters. The van der Waals surface area contributed by atoms with Crippen molar-refractivity contribution in [1.29, 1.82) is 0 Å². The summed E-state index contributed by atoms with van der Waals surface area (Å²) in [6, 6.07) is 11.2. The molecule has 7 heteroatoms. The monoisotopic (exact) mass is 474 g/mol. The molecule has 4 heterocycles. The Hall–Kier alpha value is -1.95. The maximum Gasteiger partial charge on any atom is 0.407 e. The fourth-order valence-corrected chi connectivity index (χ4v) is 5.56. The lowest BCUT2D eigenvalue weighted by Crippen LogP contribution is -2.53. The highest BCUT2D eigenvalue weighted by Gasteiger charge is 2.41. The molecule has 1 N–H and O–H groups in total. The van der Waals surface area contributed by atoms with Crippen LogP contribution in [0.3, 0.4) is 0 Å². The Bertz CT molecular complexity index is 1030. The van der Waals surface area contributed by atoms with Crippen LogP contribution in [0.2, 0.25) is 10.0 Å². The second-order valence-corrected chi connectivity index (χ2v) is 10.7. The maximum atomic E-state index is 12.9. The van der Waals surface area contributed by atoms with Gasteiger partial charge in [-0.15, -0.1) is 0 Å². The van der Waals surface area contributed by atoms with Crippen molar-refractivity contribution < 1.29 is 14.3 Å². The number of rotatable bonds is 3. The van der Waals surface area contributed by atoms with E-state index in [1.54, 1.807) is 12.1 Å². The number of hydrogen-bond donors (Lipinski definition) is 1. The molecule has 4 aliphatic rings. The number of nitrogens with zero attached hydrogens (tertiary/aromatic N) is 1. The number of alkyl carbamates (subject to hydrolysis) is 1. The van der Waals surface area contributed by atoms with Crippen LogP contribution < -0.4 is 10.1 Å². The number of nitrogens with one attached hydrogen (secondary N) is 1. The second-order valence-electron chi connectivity index (χ2n) is 9.81. The minimum atomic E-state index is -0.350. The van der Waals surface area contributed by atoms with Crippen LogP contribution in [0.15, 0.2) is 36.4 Å². The minimum absolute atomic E-state index is 0.0210. The van der Waals surface area contributed by atoms with Crippen molar-refractivity contribution in [2.75, 3.05) is 26.2 Å². The van der Waals surface area contributed by atoms with Crippen LogP contribution in [-0.4, -0.2) is 43.3 Å². The van der Waals surface area contributed by atoms with Gasteiger partial charge in [0.15, 0.2) is 0 Å². The highest BCUT2D eigenvalue weighted by atomic mass is 35.5. The molecule has 3 saturated heterocycles. The van der Waals surface area contributed by atoms with Crippen molar-refractivity contribution in [3.8, 4) is 16.9 Å². The first-order chi connectivity index (χ1) is 15.3. The average molecular weight is 475 g/mol. The Morgan fingerprint density at radius 1 is 1.16 bits per heavy atom. The van der Waals surface area contributed by atoms with Gasteiger partial charge in [0.05, 0.1) is 12.6 Å². The molecule has 1 unspecified atom stereocenters. The molecule has 0 spiro atoms. The topological polar surface area (TPSA) is 50.8 Å². The standard InChI is InChI=1S/C25H28Cl2N2O3/c1-25(2)14-31-21-11-16(19-12-17(26)4-6-20(19)27)3-5-18(21)23(25)28-24(30)32-22-13-29-9-7-15(22)8-10-29/h3-6,11-12,15,22-23H,7-10,13-14H2,1-2H3,(H,28,30)/t22-,23?/m1/s1. The number of amides is 1. The third-order valence-corrected chi connectivity index (χ3v) is 7.63. The first-order valence-electron chi connectivity index (χ1n) is 11.2. The van der Waals surface area contributed by atoms with Gasteiger partial charge in [-0.2, -0.15) is 0 Å². The zero-order valence-electron chi connectivity index (χ0n) is 18.4. The van der Waals surface area contributed by atoms with E-state index in [0.717, 1.165) is 54.9 Å². The third kappa shape index (κ3) is 4.18. The van der Waals surface area contributed by atoms with Crippen LogP contribution in [0.25, 0.3) is 11.1 Å². The van der Waals surface area contributed by atoms with Crippen LogP contribution in [0.4, 0.5) is 4.79 Å². The van der Waals surface area contributed by atoms with Crippen LogP contribution >= 0.6 is 23.2 Å². The number of benzene rings is 2. The predicted octanol–water partition coefficient (Wildman–Crippen LogP) is 5.94. The van der Waals surface area contributed by atoms with Gasteiger partial charge in [-0.05, 0) is 61.7 Å². The lowest BCUT2D eigenvalue weighted by Gasteiger charge is -2.44. The molecule has 2 aromatic carbocycles. The Morgan fingerprint density at radius 3 is 2.66 bits per heavy atom. The molecule has 0 aromatic heterocycles. The summed E-state index contributed by atoms with van der Waals surface area (Å²) in [5.41, 5.74) is 2.43. The van der Waals surface area contributed by atoms with Crippen molar-refractivity contribution in [2.24, 2.45) is 11.3 Å². The fraction of sp³-hybridized carbons (Fsp3) is 0.480. The Balaban J connectivity index is 1.37. The first-order valence-corrected chi connectivity index (χ1v) is 12.0. The molecule has 0 radical (unpaired) electrons. The van der Waals surface area contributed by atoms with E-state index in [1.807, 2.05) is 24.3 Å². The molecule has 4 aliphatic heterocycles. The molecule has 0 saturated carbocycles. The molecule has 1 amide bonds. The Kier molecular flexibility index (Phi) is 5.77. The summed E-state index contributed by atoms with van der Waals surface area (Å²) in [5.74, 6) is 1.22. The maximum absolute atomic E-state index is 12.9. The van der Waals surface area contributed by atoms with Crippen molar-refractivity contribution in [3.05, 3.63) is 52.0 Å². The Morgan fingerprint density at radius 2 is 1.94 bits per heavy atom. The Labute approximate surface area is 199 Å². The van der Waals surface area contributed by atoms with Gasteiger partial charge in [0.2, 0.25) is 0 Å². The quantitative estimate of drug-likeness (QED) is 0.597. The van der Waals surface area contributed by atoms with Gasteiger partial charge in [0.25, 0.3) is 0 Å². The first kappa shape index (κ1) is 21.9. The number of fused-ring (bicyclic) bond motifs is 4. The van der Waals surface area contributed by atoms with Gasteiger partial charge in [0.1, 0.15) is 11.9 Å². The van der Waals surface area contributed by atoms with E-state index in [2.05, 4.69) is 24.1 Å². The number of ether oxygens (including phenoxy) is 2. The molecule has 5 nitrogen and oxygen atoms in total. The number of hydrogen-bond acceptors (Lipinski definition) is 4. The largest absolute Gasteiger partial charge is 0.493 e. The van der Waals surface area contributed by atoms with E-state index in [1.165, 1.54) is 0 Å². The third-order valence-electron chi connectivity index (χ3n) is 7.06. The molecular formula is C25H28Cl2N2O3. The molecule has 2 bridgehead atoms. The van der Waals surface area contributed by atoms with Gasteiger partial charge in [0, 0.05) is 33.1 Å². The molecule has 6 rings (SSSR count). The summed E-state index contributed by atoms with van der Waals surface area (Å²) < 4.78 is 12.0. The molecule has 2 aromatic rings. The zero-order chi connectivity index (χ0) is 22.5. The van der Waals surface area contributed by atoms with Crippen LogP contribution in [0, 0.1) is 11.3 Å². The molecule has 3 fully saturated rings.